The molecular weight excluding hydrogens is 242 g/mol. The van der Waals surface area contributed by atoms with Gasteiger partial charge in [0.05, 0.1) is 0 Å². The Hall–Kier alpha value is -1.06. The molecule has 2 rings (SSSR count). The maximum absolute atomic E-state index is 12.1. The van der Waals surface area contributed by atoms with Gasteiger partial charge in [0.15, 0.2) is 0 Å². The second kappa shape index (κ2) is 5.51. The number of likely N-dealkylation sites (tertiary alicyclic amines) is 1. The molecule has 4 nitrogen and oxygen atoms in total. The van der Waals surface area contributed by atoms with Crippen molar-refractivity contribution in [3.63, 3.8) is 0 Å². The van der Waals surface area contributed by atoms with E-state index in [1.54, 1.807) is 4.90 Å². The number of nitrogens with zero attached hydrogens (tertiary/aromatic N) is 1. The number of hydrogen-bond donors (Lipinski definition) is 0. The van der Waals surface area contributed by atoms with Crippen LogP contribution < -0.4 is 0 Å². The summed E-state index contributed by atoms with van der Waals surface area (Å²) in [6.45, 7) is 6.77. The SMILES string of the molecule is CC(C)(C)OC(=O)N1CCC(C(=O)CCC2CC2)C1. The van der Waals surface area contributed by atoms with E-state index in [4.69, 9.17) is 4.74 Å². The molecule has 0 radical (unpaired) electrons. The van der Waals surface area contributed by atoms with Crippen molar-refractivity contribution in [2.45, 2.75) is 58.5 Å². The van der Waals surface area contributed by atoms with E-state index >= 15 is 0 Å². The molecule has 1 unspecified atom stereocenters. The Bertz CT molecular complexity index is 355. The van der Waals surface area contributed by atoms with Crippen LogP contribution in [0.25, 0.3) is 0 Å². The Morgan fingerprint density at radius 1 is 1.21 bits per heavy atom. The Morgan fingerprint density at radius 2 is 1.89 bits per heavy atom. The monoisotopic (exact) mass is 267 g/mol. The number of ether oxygens (including phenoxy) is 1. The molecule has 0 N–H and O–H groups in total. The average Bonchev–Trinajstić information content (AvgIpc) is 2.98. The fourth-order valence-corrected chi connectivity index (χ4v) is 2.47. The predicted octanol–water partition coefficient (Wildman–Crippen LogP) is 3.00. The number of hydrogen-bond acceptors (Lipinski definition) is 3. The minimum Gasteiger partial charge on any atom is -0.444 e. The normalized spacial score (nSPS) is 23.5. The minimum absolute atomic E-state index is 0.0336. The van der Waals surface area contributed by atoms with E-state index in [2.05, 4.69) is 0 Å². The van der Waals surface area contributed by atoms with Gasteiger partial charge in [-0.1, -0.05) is 12.8 Å². The Kier molecular flexibility index (Phi) is 4.16. The van der Waals surface area contributed by atoms with Crippen LogP contribution in [0.15, 0.2) is 0 Å². The van der Waals surface area contributed by atoms with Crippen LogP contribution in [0.3, 0.4) is 0 Å². The lowest BCUT2D eigenvalue weighted by molar-refractivity contribution is -0.122. The van der Waals surface area contributed by atoms with Gasteiger partial charge in [0.1, 0.15) is 11.4 Å². The van der Waals surface area contributed by atoms with E-state index in [0.717, 1.165) is 18.8 Å². The smallest absolute Gasteiger partial charge is 0.410 e. The highest BCUT2D eigenvalue weighted by Crippen LogP contribution is 2.34. The first kappa shape index (κ1) is 14.4. The van der Waals surface area contributed by atoms with Crippen LogP contribution in [0.5, 0.6) is 0 Å². The molecule has 108 valence electrons. The van der Waals surface area contributed by atoms with Gasteiger partial charge in [0, 0.05) is 25.4 Å². The number of amides is 1. The van der Waals surface area contributed by atoms with Crippen molar-refractivity contribution >= 4 is 11.9 Å². The number of carbonyl (C=O) groups excluding carboxylic acids is 2. The van der Waals surface area contributed by atoms with Gasteiger partial charge in [0.2, 0.25) is 0 Å². The fourth-order valence-electron chi connectivity index (χ4n) is 2.47. The first-order valence-electron chi connectivity index (χ1n) is 7.36. The third-order valence-electron chi connectivity index (χ3n) is 3.79. The van der Waals surface area contributed by atoms with Crippen molar-refractivity contribution in [3.8, 4) is 0 Å². The van der Waals surface area contributed by atoms with Crippen molar-refractivity contribution in [3.05, 3.63) is 0 Å². The molecule has 0 aromatic carbocycles. The van der Waals surface area contributed by atoms with Crippen LogP contribution in [-0.4, -0.2) is 35.5 Å². The molecule has 1 saturated heterocycles. The second-order valence-corrected chi connectivity index (χ2v) is 6.86. The van der Waals surface area contributed by atoms with Gasteiger partial charge in [0.25, 0.3) is 0 Å². The molecule has 0 aromatic heterocycles. The second-order valence-electron chi connectivity index (χ2n) is 6.86. The summed E-state index contributed by atoms with van der Waals surface area (Å²) in [6, 6.07) is 0. The maximum Gasteiger partial charge on any atom is 0.410 e. The highest BCUT2D eigenvalue weighted by atomic mass is 16.6. The predicted molar refractivity (Wildman–Crippen MR) is 72.9 cm³/mol. The lowest BCUT2D eigenvalue weighted by atomic mass is 9.98. The number of rotatable bonds is 4. The first-order chi connectivity index (χ1) is 8.85. The van der Waals surface area contributed by atoms with E-state index in [0.29, 0.717) is 25.3 Å². The molecule has 0 bridgehead atoms. The summed E-state index contributed by atoms with van der Waals surface area (Å²) in [7, 11) is 0. The first-order valence-corrected chi connectivity index (χ1v) is 7.36. The average molecular weight is 267 g/mol. The lowest BCUT2D eigenvalue weighted by Crippen LogP contribution is -2.35. The van der Waals surface area contributed by atoms with Crippen molar-refractivity contribution in [2.24, 2.45) is 11.8 Å². The van der Waals surface area contributed by atoms with Gasteiger partial charge < -0.3 is 9.64 Å². The highest BCUT2D eigenvalue weighted by molar-refractivity contribution is 5.82. The molecule has 4 heteroatoms. The van der Waals surface area contributed by atoms with Crippen molar-refractivity contribution in [1.29, 1.82) is 0 Å². The zero-order valence-corrected chi connectivity index (χ0v) is 12.3. The van der Waals surface area contributed by atoms with Crippen LogP contribution in [0.4, 0.5) is 4.79 Å². The molecule has 0 spiro atoms. The molecule has 1 atom stereocenters. The number of Topliss-reactive ketones (excluding diaryl/α,β-unsaturated/α-hetero) is 1. The maximum atomic E-state index is 12.1. The van der Waals surface area contributed by atoms with E-state index in [9.17, 15) is 9.59 Å². The lowest BCUT2D eigenvalue weighted by Gasteiger charge is -2.24. The molecule has 2 aliphatic rings. The quantitative estimate of drug-likeness (QED) is 0.786. The molecule has 19 heavy (non-hydrogen) atoms. The third-order valence-corrected chi connectivity index (χ3v) is 3.79. The van der Waals surface area contributed by atoms with Gasteiger partial charge in [-0.25, -0.2) is 4.79 Å². The van der Waals surface area contributed by atoms with Crippen LogP contribution in [-0.2, 0) is 9.53 Å². The van der Waals surface area contributed by atoms with Gasteiger partial charge in [-0.05, 0) is 39.5 Å². The number of carbonyl (C=O) groups is 2. The Labute approximate surface area is 115 Å². The van der Waals surface area contributed by atoms with Gasteiger partial charge in [-0.3, -0.25) is 4.79 Å². The molecule has 2 fully saturated rings. The van der Waals surface area contributed by atoms with Crippen LogP contribution in [0.1, 0.15) is 52.9 Å². The fraction of sp³-hybridized carbons (Fsp3) is 0.867. The Balaban J connectivity index is 1.75. The summed E-state index contributed by atoms with van der Waals surface area (Å²) in [5.41, 5.74) is -0.467. The summed E-state index contributed by atoms with van der Waals surface area (Å²) < 4.78 is 5.33. The topological polar surface area (TPSA) is 46.6 Å². The van der Waals surface area contributed by atoms with Crippen molar-refractivity contribution < 1.29 is 14.3 Å². The summed E-state index contributed by atoms with van der Waals surface area (Å²) in [5.74, 6) is 1.16. The van der Waals surface area contributed by atoms with Crippen LogP contribution in [0, 0.1) is 11.8 Å². The standard InChI is InChI=1S/C15H25NO3/c1-15(2,3)19-14(18)16-9-8-12(10-16)13(17)7-6-11-4-5-11/h11-12H,4-10H2,1-3H3. The highest BCUT2D eigenvalue weighted by Gasteiger charge is 2.33. The number of ketones is 1. The third kappa shape index (κ3) is 4.51. The van der Waals surface area contributed by atoms with Gasteiger partial charge in [-0.15, -0.1) is 0 Å². The van der Waals surface area contributed by atoms with E-state index < -0.39 is 5.60 Å². The van der Waals surface area contributed by atoms with Gasteiger partial charge in [-0.2, -0.15) is 0 Å². The molecule has 1 saturated carbocycles. The summed E-state index contributed by atoms with van der Waals surface area (Å²) >= 11 is 0. The Morgan fingerprint density at radius 3 is 2.47 bits per heavy atom. The largest absolute Gasteiger partial charge is 0.444 e. The summed E-state index contributed by atoms with van der Waals surface area (Å²) in [4.78, 5) is 25.6. The molecular formula is C15H25NO3. The summed E-state index contributed by atoms with van der Waals surface area (Å²) in [6.07, 6.45) is 4.83. The van der Waals surface area contributed by atoms with Crippen molar-refractivity contribution in [1.82, 2.24) is 4.90 Å². The molecule has 0 aromatic rings. The molecule has 1 aliphatic heterocycles. The van der Waals surface area contributed by atoms with Crippen molar-refractivity contribution in [2.75, 3.05) is 13.1 Å². The molecule has 1 aliphatic carbocycles. The van der Waals surface area contributed by atoms with Crippen LogP contribution >= 0.6 is 0 Å². The van der Waals surface area contributed by atoms with E-state index in [-0.39, 0.29) is 12.0 Å². The van der Waals surface area contributed by atoms with E-state index in [1.807, 2.05) is 20.8 Å². The van der Waals surface area contributed by atoms with E-state index in [1.165, 1.54) is 12.8 Å². The summed E-state index contributed by atoms with van der Waals surface area (Å²) in [5, 5.41) is 0. The zero-order valence-electron chi connectivity index (χ0n) is 12.3. The van der Waals surface area contributed by atoms with Crippen LogP contribution in [0.2, 0.25) is 0 Å². The zero-order chi connectivity index (χ0) is 14.0. The van der Waals surface area contributed by atoms with Gasteiger partial charge >= 0.3 is 6.09 Å². The minimum atomic E-state index is -0.467. The molecule has 1 amide bonds. The molecule has 1 heterocycles.